The fraction of sp³-hybridized carbons (Fsp3) is 0.731. The molecule has 1 aromatic heterocycles. The number of rotatable bonds is 2. The topological polar surface area (TPSA) is 118 Å². The number of thiazole rings is 1. The summed E-state index contributed by atoms with van der Waals surface area (Å²) in [6.45, 7) is 12.7. The third-order valence-electron chi connectivity index (χ3n) is 7.47. The van der Waals surface area contributed by atoms with E-state index in [9.17, 15) is 19.8 Å². The molecule has 0 spiro atoms. The molecule has 35 heavy (non-hydrogen) atoms. The Morgan fingerprint density at radius 2 is 1.91 bits per heavy atom. The highest BCUT2D eigenvalue weighted by atomic mass is 32.1. The van der Waals surface area contributed by atoms with Gasteiger partial charge in [-0.3, -0.25) is 9.59 Å². The van der Waals surface area contributed by atoms with Gasteiger partial charge in [-0.25, -0.2) is 4.98 Å². The molecule has 1 aromatic rings. The number of esters is 1. The highest BCUT2D eigenvalue weighted by molar-refractivity contribution is 7.09. The van der Waals surface area contributed by atoms with Gasteiger partial charge in [-0.2, -0.15) is 0 Å². The van der Waals surface area contributed by atoms with E-state index in [1.165, 1.54) is 0 Å². The maximum Gasteiger partial charge on any atom is 0.309 e. The van der Waals surface area contributed by atoms with Gasteiger partial charge in [0.1, 0.15) is 11.9 Å². The van der Waals surface area contributed by atoms with Gasteiger partial charge in [0.05, 0.1) is 52.6 Å². The first-order valence-corrected chi connectivity index (χ1v) is 13.1. The first kappa shape index (κ1) is 27.9. The number of hydrogen-bond donors (Lipinski definition) is 2. The Balaban J connectivity index is 1.85. The summed E-state index contributed by atoms with van der Waals surface area (Å²) in [7, 11) is 0. The fourth-order valence-corrected chi connectivity index (χ4v) is 5.15. The average Bonchev–Trinajstić information content (AvgIpc) is 3.22. The third kappa shape index (κ3) is 6.57. The van der Waals surface area contributed by atoms with Gasteiger partial charge in [0.15, 0.2) is 0 Å². The summed E-state index contributed by atoms with van der Waals surface area (Å²) in [6.07, 6.45) is -0.931. The molecule has 0 aromatic carbocycles. The molecular formula is C26H39NO7S. The summed E-state index contributed by atoms with van der Waals surface area (Å²) in [5.41, 5.74) is -0.0527. The van der Waals surface area contributed by atoms with Crippen molar-refractivity contribution in [2.24, 2.45) is 11.3 Å². The number of Topliss-reactive ketones (excluding diaryl/α,β-unsaturated/α-hetero) is 1. The number of nitrogens with zero attached hydrogens (tertiary/aromatic N) is 1. The third-order valence-corrected chi connectivity index (χ3v) is 8.26. The van der Waals surface area contributed by atoms with Crippen molar-refractivity contribution in [1.29, 1.82) is 0 Å². The van der Waals surface area contributed by atoms with Gasteiger partial charge in [-0.1, -0.05) is 20.8 Å². The first-order chi connectivity index (χ1) is 16.2. The van der Waals surface area contributed by atoms with Crippen LogP contribution in [0.25, 0.3) is 6.08 Å². The molecule has 196 valence electrons. The van der Waals surface area contributed by atoms with Crippen LogP contribution in [0, 0.1) is 18.3 Å². The number of ketones is 1. The molecule has 9 heteroatoms. The number of ether oxygens (including phenoxy) is 3. The zero-order chi connectivity index (χ0) is 26.1. The lowest BCUT2D eigenvalue weighted by molar-refractivity contribution is -0.155. The minimum atomic E-state index is -1.27. The highest BCUT2D eigenvalue weighted by Crippen LogP contribution is 2.43. The molecule has 0 saturated carbocycles. The molecule has 7 atom stereocenters. The van der Waals surface area contributed by atoms with Crippen molar-refractivity contribution in [3.63, 3.8) is 0 Å². The van der Waals surface area contributed by atoms with E-state index < -0.39 is 47.3 Å². The molecule has 0 unspecified atom stereocenters. The van der Waals surface area contributed by atoms with Crippen LogP contribution in [-0.4, -0.2) is 69.7 Å². The van der Waals surface area contributed by atoms with E-state index in [2.05, 4.69) is 4.98 Å². The Kier molecular flexibility index (Phi) is 8.59. The Hall–Kier alpha value is -1.65. The molecule has 0 radical (unpaired) electrons. The number of aliphatic hydroxyl groups is 2. The molecule has 2 aliphatic rings. The maximum atomic E-state index is 13.2. The van der Waals surface area contributed by atoms with E-state index in [0.29, 0.717) is 19.4 Å². The van der Waals surface area contributed by atoms with Gasteiger partial charge in [0.2, 0.25) is 0 Å². The van der Waals surface area contributed by atoms with Crippen LogP contribution in [-0.2, 0) is 23.8 Å². The van der Waals surface area contributed by atoms with Gasteiger partial charge in [-0.05, 0) is 39.3 Å². The van der Waals surface area contributed by atoms with Gasteiger partial charge < -0.3 is 24.4 Å². The maximum absolute atomic E-state index is 13.2. The van der Waals surface area contributed by atoms with Gasteiger partial charge in [-0.15, -0.1) is 11.3 Å². The van der Waals surface area contributed by atoms with Gasteiger partial charge >= 0.3 is 5.97 Å². The number of epoxide rings is 1. The summed E-state index contributed by atoms with van der Waals surface area (Å²) < 4.78 is 17.7. The monoisotopic (exact) mass is 509 g/mol. The number of aliphatic hydroxyl groups excluding tert-OH is 2. The van der Waals surface area contributed by atoms with Crippen LogP contribution in [0.15, 0.2) is 11.0 Å². The normalized spacial score (nSPS) is 37.5. The largest absolute Gasteiger partial charge is 0.458 e. The van der Waals surface area contributed by atoms with E-state index in [1.807, 2.05) is 32.2 Å². The molecule has 0 aliphatic carbocycles. The lowest BCUT2D eigenvalue weighted by Crippen LogP contribution is -2.47. The van der Waals surface area contributed by atoms with E-state index >= 15 is 0 Å². The molecule has 2 fully saturated rings. The van der Waals surface area contributed by atoms with Crippen molar-refractivity contribution >= 4 is 29.2 Å². The molecule has 3 rings (SSSR count). The van der Waals surface area contributed by atoms with Crippen LogP contribution in [0.5, 0.6) is 0 Å². The second-order valence-electron chi connectivity index (χ2n) is 10.7. The molecule has 0 amide bonds. The second-order valence-corrected chi connectivity index (χ2v) is 11.8. The minimum Gasteiger partial charge on any atom is -0.458 e. The molecule has 2 aliphatic heterocycles. The van der Waals surface area contributed by atoms with Gasteiger partial charge in [0, 0.05) is 30.7 Å². The lowest BCUT2D eigenvalue weighted by Gasteiger charge is -2.34. The molecule has 0 bridgehead atoms. The summed E-state index contributed by atoms with van der Waals surface area (Å²) in [5.74, 6) is -1.71. The summed E-state index contributed by atoms with van der Waals surface area (Å²) >= 11 is 1.54. The SMILES string of the molecule is C/C(=C\c1csc(C)n1)[C@H]1C[C@@H]2O[C@]2(C)CCO[C@H](C)[C@H](O)[C@H](C)C(=O)C(C)(C)[C@H](O)CC(=O)O1. The summed E-state index contributed by atoms with van der Waals surface area (Å²) in [6, 6.07) is 0. The van der Waals surface area contributed by atoms with Crippen LogP contribution >= 0.6 is 11.3 Å². The molecule has 2 saturated heterocycles. The van der Waals surface area contributed by atoms with Crippen molar-refractivity contribution in [3.05, 3.63) is 21.7 Å². The quantitative estimate of drug-likeness (QED) is 0.460. The van der Waals surface area contributed by atoms with Crippen molar-refractivity contribution in [2.75, 3.05) is 6.61 Å². The number of aromatic nitrogens is 1. The van der Waals surface area contributed by atoms with E-state index in [4.69, 9.17) is 14.2 Å². The fourth-order valence-electron chi connectivity index (χ4n) is 4.58. The predicted molar refractivity (Wildman–Crippen MR) is 133 cm³/mol. The molecule has 2 N–H and O–H groups in total. The summed E-state index contributed by atoms with van der Waals surface area (Å²) in [5, 5.41) is 24.4. The predicted octanol–water partition coefficient (Wildman–Crippen LogP) is 3.47. The lowest BCUT2D eigenvalue weighted by atomic mass is 9.74. The molecular weight excluding hydrogens is 470 g/mol. The van der Waals surface area contributed by atoms with E-state index in [-0.39, 0.29) is 18.3 Å². The van der Waals surface area contributed by atoms with E-state index in [0.717, 1.165) is 16.3 Å². The Morgan fingerprint density at radius 1 is 1.23 bits per heavy atom. The number of hydrogen-bond acceptors (Lipinski definition) is 9. The van der Waals surface area contributed by atoms with Crippen LogP contribution in [0.4, 0.5) is 0 Å². The zero-order valence-electron chi connectivity index (χ0n) is 21.7. The molecule has 8 nitrogen and oxygen atoms in total. The average molecular weight is 510 g/mol. The number of fused-ring (bicyclic) bond motifs is 1. The number of carbonyl (C=O) groups excluding carboxylic acids is 2. The van der Waals surface area contributed by atoms with Crippen molar-refractivity contribution in [2.45, 2.75) is 104 Å². The number of carbonyl (C=O) groups is 2. The minimum absolute atomic E-state index is 0.126. The smallest absolute Gasteiger partial charge is 0.309 e. The first-order valence-electron chi connectivity index (χ1n) is 12.2. The van der Waals surface area contributed by atoms with Crippen molar-refractivity contribution in [3.8, 4) is 0 Å². The van der Waals surface area contributed by atoms with Crippen molar-refractivity contribution < 1.29 is 34.0 Å². The Bertz CT molecular complexity index is 957. The van der Waals surface area contributed by atoms with Crippen molar-refractivity contribution in [1.82, 2.24) is 4.98 Å². The highest BCUT2D eigenvalue weighted by Gasteiger charge is 2.53. The van der Waals surface area contributed by atoms with Crippen LogP contribution in [0.2, 0.25) is 0 Å². The van der Waals surface area contributed by atoms with Crippen LogP contribution in [0.3, 0.4) is 0 Å². The number of cyclic esters (lactones) is 1. The Morgan fingerprint density at radius 3 is 2.54 bits per heavy atom. The van der Waals surface area contributed by atoms with Crippen LogP contribution < -0.4 is 0 Å². The Labute approximate surface area is 211 Å². The zero-order valence-corrected chi connectivity index (χ0v) is 22.6. The van der Waals surface area contributed by atoms with E-state index in [1.54, 1.807) is 39.0 Å². The molecule has 3 heterocycles. The van der Waals surface area contributed by atoms with Crippen LogP contribution in [0.1, 0.15) is 71.5 Å². The number of aryl methyl sites for hydroxylation is 1. The second kappa shape index (κ2) is 10.8. The standard InChI is InChI=1S/C26H39NO7S/c1-14(10-18-13-35-17(4)27-18)19-11-21-26(7,34-21)8-9-32-16(3)23(30)15(2)24(31)25(5,6)20(28)12-22(29)33-19/h10,13,15-16,19-21,23,28,30H,8-9,11-12H2,1-7H3/b14-10+/t15-,16+,19+,20+,21-,23+,26+/m0/s1. The van der Waals surface area contributed by atoms with Gasteiger partial charge in [0.25, 0.3) is 0 Å². The summed E-state index contributed by atoms with van der Waals surface area (Å²) in [4.78, 5) is 30.5.